The molecule has 21 heavy (non-hydrogen) atoms. The Kier molecular flexibility index (Phi) is 4.96. The summed E-state index contributed by atoms with van der Waals surface area (Å²) in [6, 6.07) is 7.15. The van der Waals surface area contributed by atoms with E-state index >= 15 is 0 Å². The lowest BCUT2D eigenvalue weighted by atomic mass is 10.0. The number of nitrogens with one attached hydrogen (secondary N) is 2. The van der Waals surface area contributed by atoms with E-state index in [4.69, 9.17) is 5.73 Å². The van der Waals surface area contributed by atoms with E-state index in [2.05, 4.69) is 10.6 Å². The number of carbonyl (C=O) groups excluding carboxylic acids is 2. The third kappa shape index (κ3) is 4.56. The zero-order chi connectivity index (χ0) is 15.4. The van der Waals surface area contributed by atoms with E-state index in [0.29, 0.717) is 11.3 Å². The molecule has 0 aromatic heterocycles. The Morgan fingerprint density at radius 1 is 1.29 bits per heavy atom. The zero-order valence-electron chi connectivity index (χ0n) is 12.6. The van der Waals surface area contributed by atoms with Crippen LogP contribution in [0.25, 0.3) is 0 Å². The van der Waals surface area contributed by atoms with Crippen molar-refractivity contribution >= 4 is 17.5 Å². The molecule has 1 unspecified atom stereocenters. The lowest BCUT2D eigenvalue weighted by Gasteiger charge is -2.16. The second-order valence-corrected chi connectivity index (χ2v) is 5.95. The van der Waals surface area contributed by atoms with Gasteiger partial charge in [0.05, 0.1) is 11.3 Å². The maximum absolute atomic E-state index is 12.1. The van der Waals surface area contributed by atoms with Crippen LogP contribution in [-0.2, 0) is 4.79 Å². The van der Waals surface area contributed by atoms with Crippen LogP contribution in [0.3, 0.4) is 0 Å². The van der Waals surface area contributed by atoms with Gasteiger partial charge in [-0.1, -0.05) is 26.0 Å². The number of amides is 2. The average molecular weight is 289 g/mol. The molecule has 0 heterocycles. The normalized spacial score (nSPS) is 15.6. The summed E-state index contributed by atoms with van der Waals surface area (Å²) in [5.74, 6) is -0.0615. The third-order valence-corrected chi connectivity index (χ3v) is 3.64. The minimum atomic E-state index is -0.183. The Morgan fingerprint density at radius 3 is 2.57 bits per heavy atom. The first-order valence-corrected chi connectivity index (χ1v) is 7.42. The molecule has 0 aliphatic heterocycles. The van der Waals surface area contributed by atoms with Crippen LogP contribution in [0.1, 0.15) is 43.5 Å². The molecule has 0 radical (unpaired) electrons. The van der Waals surface area contributed by atoms with Gasteiger partial charge in [-0.3, -0.25) is 9.59 Å². The first-order valence-electron chi connectivity index (χ1n) is 7.42. The van der Waals surface area contributed by atoms with Crippen molar-refractivity contribution in [1.82, 2.24) is 5.32 Å². The third-order valence-electron chi connectivity index (χ3n) is 3.64. The quantitative estimate of drug-likeness (QED) is 0.747. The SMILES string of the molecule is CC(C)C(N)CC(=O)Nc1ccccc1C(=O)NC1CC1. The van der Waals surface area contributed by atoms with Gasteiger partial charge in [0.1, 0.15) is 0 Å². The molecule has 2 amide bonds. The minimum absolute atomic E-state index is 0.137. The summed E-state index contributed by atoms with van der Waals surface area (Å²) in [4.78, 5) is 24.2. The van der Waals surface area contributed by atoms with Crippen molar-refractivity contribution in [2.24, 2.45) is 11.7 Å². The highest BCUT2D eigenvalue weighted by molar-refractivity contribution is 6.04. The van der Waals surface area contributed by atoms with Crippen LogP contribution in [0.2, 0.25) is 0 Å². The molecule has 4 N–H and O–H groups in total. The van der Waals surface area contributed by atoms with Gasteiger partial charge in [0.15, 0.2) is 0 Å². The van der Waals surface area contributed by atoms with Crippen LogP contribution < -0.4 is 16.4 Å². The van der Waals surface area contributed by atoms with Gasteiger partial charge in [0.25, 0.3) is 5.91 Å². The number of rotatable bonds is 6. The molecule has 1 aliphatic carbocycles. The summed E-state index contributed by atoms with van der Waals surface area (Å²) in [5.41, 5.74) is 6.94. The molecule has 5 nitrogen and oxygen atoms in total. The summed E-state index contributed by atoms with van der Waals surface area (Å²) in [5, 5.41) is 5.72. The van der Waals surface area contributed by atoms with Crippen LogP contribution in [0.5, 0.6) is 0 Å². The van der Waals surface area contributed by atoms with E-state index < -0.39 is 0 Å². The monoisotopic (exact) mass is 289 g/mol. The molecule has 2 rings (SSSR count). The first-order chi connectivity index (χ1) is 9.97. The summed E-state index contributed by atoms with van der Waals surface area (Å²) < 4.78 is 0. The molecule has 1 aliphatic rings. The molecule has 0 bridgehead atoms. The Hall–Kier alpha value is -1.88. The maximum Gasteiger partial charge on any atom is 0.253 e. The van der Waals surface area contributed by atoms with Crippen LogP contribution >= 0.6 is 0 Å². The second-order valence-electron chi connectivity index (χ2n) is 5.95. The number of para-hydroxylation sites is 1. The van der Waals surface area contributed by atoms with E-state index in [-0.39, 0.29) is 36.2 Å². The molecule has 114 valence electrons. The number of hydrogen-bond acceptors (Lipinski definition) is 3. The van der Waals surface area contributed by atoms with E-state index in [1.807, 2.05) is 13.8 Å². The Bertz CT molecular complexity index is 524. The molecule has 1 fully saturated rings. The van der Waals surface area contributed by atoms with Gasteiger partial charge in [-0.15, -0.1) is 0 Å². The molecule has 1 atom stereocenters. The maximum atomic E-state index is 12.1. The first kappa shape index (κ1) is 15.5. The van der Waals surface area contributed by atoms with Crippen LogP contribution in [0, 0.1) is 5.92 Å². The van der Waals surface area contributed by atoms with Crippen molar-refractivity contribution in [3.63, 3.8) is 0 Å². The van der Waals surface area contributed by atoms with Gasteiger partial charge in [-0.25, -0.2) is 0 Å². The summed E-state index contributed by atoms with van der Waals surface area (Å²) >= 11 is 0. The minimum Gasteiger partial charge on any atom is -0.349 e. The van der Waals surface area contributed by atoms with Crippen molar-refractivity contribution in [1.29, 1.82) is 0 Å². The predicted octanol–water partition coefficient (Wildman–Crippen LogP) is 1.89. The molecule has 5 heteroatoms. The predicted molar refractivity (Wildman–Crippen MR) is 83.0 cm³/mol. The molecule has 0 saturated heterocycles. The Balaban J connectivity index is 2.02. The number of nitrogens with two attached hydrogens (primary N) is 1. The number of carbonyl (C=O) groups is 2. The van der Waals surface area contributed by atoms with Crippen LogP contribution in [-0.4, -0.2) is 23.9 Å². The van der Waals surface area contributed by atoms with Crippen molar-refractivity contribution in [2.45, 2.75) is 45.2 Å². The fourth-order valence-corrected chi connectivity index (χ4v) is 1.93. The van der Waals surface area contributed by atoms with E-state index in [0.717, 1.165) is 12.8 Å². The standard InChI is InChI=1S/C16H23N3O2/c1-10(2)13(17)9-15(20)19-14-6-4-3-5-12(14)16(21)18-11-7-8-11/h3-6,10-11,13H,7-9,17H2,1-2H3,(H,18,21)(H,19,20). The Morgan fingerprint density at radius 2 is 1.95 bits per heavy atom. The van der Waals surface area contributed by atoms with Crippen molar-refractivity contribution < 1.29 is 9.59 Å². The van der Waals surface area contributed by atoms with E-state index in [9.17, 15) is 9.59 Å². The van der Waals surface area contributed by atoms with Crippen LogP contribution in [0.15, 0.2) is 24.3 Å². The summed E-state index contributed by atoms with van der Waals surface area (Å²) in [7, 11) is 0. The van der Waals surface area contributed by atoms with Crippen molar-refractivity contribution in [2.75, 3.05) is 5.32 Å². The summed E-state index contributed by atoms with van der Waals surface area (Å²) in [6.45, 7) is 3.96. The molecular formula is C16H23N3O2. The highest BCUT2D eigenvalue weighted by Gasteiger charge is 2.25. The Labute approximate surface area is 125 Å². The lowest BCUT2D eigenvalue weighted by molar-refractivity contribution is -0.116. The smallest absolute Gasteiger partial charge is 0.253 e. The topological polar surface area (TPSA) is 84.2 Å². The lowest BCUT2D eigenvalue weighted by Crippen LogP contribution is -2.32. The van der Waals surface area contributed by atoms with Gasteiger partial charge in [0, 0.05) is 18.5 Å². The van der Waals surface area contributed by atoms with Gasteiger partial charge in [0.2, 0.25) is 5.91 Å². The second kappa shape index (κ2) is 6.72. The molecule has 0 spiro atoms. The number of hydrogen-bond donors (Lipinski definition) is 3. The van der Waals surface area contributed by atoms with E-state index in [1.54, 1.807) is 24.3 Å². The van der Waals surface area contributed by atoms with Gasteiger partial charge < -0.3 is 16.4 Å². The zero-order valence-corrected chi connectivity index (χ0v) is 12.6. The number of benzene rings is 1. The molecule has 1 aromatic carbocycles. The highest BCUT2D eigenvalue weighted by Crippen LogP contribution is 2.21. The molecular weight excluding hydrogens is 266 g/mol. The molecule has 1 saturated carbocycles. The van der Waals surface area contributed by atoms with Gasteiger partial charge in [-0.2, -0.15) is 0 Å². The van der Waals surface area contributed by atoms with Gasteiger partial charge >= 0.3 is 0 Å². The van der Waals surface area contributed by atoms with E-state index in [1.165, 1.54) is 0 Å². The highest BCUT2D eigenvalue weighted by atomic mass is 16.2. The van der Waals surface area contributed by atoms with Gasteiger partial charge in [-0.05, 0) is 30.9 Å². The van der Waals surface area contributed by atoms with Crippen molar-refractivity contribution in [3.05, 3.63) is 29.8 Å². The fraction of sp³-hybridized carbons (Fsp3) is 0.500. The fourth-order valence-electron chi connectivity index (χ4n) is 1.93. The number of anilines is 1. The van der Waals surface area contributed by atoms with Crippen molar-refractivity contribution in [3.8, 4) is 0 Å². The molecule has 1 aromatic rings. The largest absolute Gasteiger partial charge is 0.349 e. The van der Waals surface area contributed by atoms with Crippen LogP contribution in [0.4, 0.5) is 5.69 Å². The summed E-state index contributed by atoms with van der Waals surface area (Å²) in [6.07, 6.45) is 2.31. The average Bonchev–Trinajstić information content (AvgIpc) is 3.22.